The molecule has 33 heavy (non-hydrogen) atoms. The largest absolute Gasteiger partial charge is 0.349 e. The van der Waals surface area contributed by atoms with Crippen molar-refractivity contribution in [3.8, 4) is 10.6 Å². The van der Waals surface area contributed by atoms with E-state index < -0.39 is 0 Å². The number of rotatable bonds is 6. The summed E-state index contributed by atoms with van der Waals surface area (Å²) in [6.45, 7) is 8.69. The van der Waals surface area contributed by atoms with Crippen molar-refractivity contribution in [3.05, 3.63) is 70.9 Å². The number of hydrogen-bond donors (Lipinski definition) is 3. The fraction of sp³-hybridized carbons (Fsp3) is 0.280. The van der Waals surface area contributed by atoms with Crippen molar-refractivity contribution >= 4 is 34.3 Å². The van der Waals surface area contributed by atoms with E-state index in [1.54, 1.807) is 18.5 Å². The first-order valence-corrected chi connectivity index (χ1v) is 11.6. The van der Waals surface area contributed by atoms with Gasteiger partial charge in [0.25, 0.3) is 11.8 Å². The summed E-state index contributed by atoms with van der Waals surface area (Å²) in [5.41, 5.74) is 3.10. The van der Waals surface area contributed by atoms with E-state index in [0.717, 1.165) is 10.4 Å². The molecule has 3 N–H and O–H groups in total. The Morgan fingerprint density at radius 2 is 1.85 bits per heavy atom. The van der Waals surface area contributed by atoms with Crippen LogP contribution in [-0.4, -0.2) is 32.8 Å². The summed E-state index contributed by atoms with van der Waals surface area (Å²) in [4.78, 5) is 39.0. The zero-order valence-electron chi connectivity index (χ0n) is 19.1. The van der Waals surface area contributed by atoms with Crippen molar-refractivity contribution in [2.75, 3.05) is 0 Å². The van der Waals surface area contributed by atoms with Gasteiger partial charge in [-0.15, -0.1) is 11.3 Å². The topological polar surface area (TPSA) is 99.8 Å². The summed E-state index contributed by atoms with van der Waals surface area (Å²) in [5, 5.41) is 5.98. The van der Waals surface area contributed by atoms with Crippen molar-refractivity contribution in [1.29, 1.82) is 0 Å². The van der Waals surface area contributed by atoms with Crippen LogP contribution in [0.5, 0.6) is 0 Å². The number of fused-ring (bicyclic) bond motifs is 1. The van der Waals surface area contributed by atoms with Crippen molar-refractivity contribution in [2.45, 2.75) is 40.3 Å². The Morgan fingerprint density at radius 3 is 2.58 bits per heavy atom. The second kappa shape index (κ2) is 9.15. The fourth-order valence-electron chi connectivity index (χ4n) is 3.14. The van der Waals surface area contributed by atoms with Crippen LogP contribution in [0.3, 0.4) is 0 Å². The molecule has 0 bridgehead atoms. The number of H-pyrrole nitrogens is 1. The average molecular weight is 462 g/mol. The van der Waals surface area contributed by atoms with Crippen LogP contribution in [0.1, 0.15) is 53.3 Å². The molecule has 0 saturated heterocycles. The maximum Gasteiger partial charge on any atom is 0.261 e. The number of nitrogens with one attached hydrogen (secondary N) is 3. The summed E-state index contributed by atoms with van der Waals surface area (Å²) >= 11 is 1.34. The van der Waals surface area contributed by atoms with E-state index in [4.69, 9.17) is 0 Å². The molecule has 0 saturated carbocycles. The number of nitrogens with zero attached hydrogens (tertiary/aromatic N) is 2. The van der Waals surface area contributed by atoms with E-state index in [1.807, 2.05) is 43.3 Å². The predicted octanol–water partition coefficient (Wildman–Crippen LogP) is 4.78. The van der Waals surface area contributed by atoms with E-state index in [0.29, 0.717) is 33.8 Å². The van der Waals surface area contributed by atoms with Crippen LogP contribution < -0.4 is 10.6 Å². The Labute approximate surface area is 196 Å². The van der Waals surface area contributed by atoms with Crippen molar-refractivity contribution in [1.82, 2.24) is 25.6 Å². The monoisotopic (exact) mass is 461 g/mol. The lowest BCUT2D eigenvalue weighted by molar-refractivity contribution is 0.0910. The van der Waals surface area contributed by atoms with Crippen LogP contribution >= 0.6 is 11.3 Å². The molecular formula is C25H27N5O2S. The van der Waals surface area contributed by atoms with Gasteiger partial charge in [-0.25, -0.2) is 9.97 Å². The van der Waals surface area contributed by atoms with Crippen LogP contribution in [0.4, 0.5) is 0 Å². The van der Waals surface area contributed by atoms with Gasteiger partial charge in [-0.2, -0.15) is 0 Å². The zero-order chi connectivity index (χ0) is 23.6. The van der Waals surface area contributed by atoms with Crippen LogP contribution in [0.2, 0.25) is 0 Å². The molecule has 7 nitrogen and oxygen atoms in total. The summed E-state index contributed by atoms with van der Waals surface area (Å²) in [6, 6.07) is 13.4. The van der Waals surface area contributed by atoms with E-state index in [-0.39, 0.29) is 23.3 Å². The standard InChI is InChI=1S/C25H27N5O2S/c1-15(25(2,3)4)29-23(31)17-13-26-22-21(17)30-18(14-27-22)19-10-11-20(33-19)24(32)28-12-16-8-6-5-7-9-16/h5-11,13-15H,12H2,1-4H3,(H,26,27)(H,28,32)(H,29,31)/t15-/m0/s1. The smallest absolute Gasteiger partial charge is 0.261 e. The quantitative estimate of drug-likeness (QED) is 0.385. The molecule has 1 atom stereocenters. The number of thiophene rings is 1. The number of aromatic nitrogens is 3. The number of amides is 2. The molecule has 3 heterocycles. The van der Waals surface area contributed by atoms with Gasteiger partial charge in [-0.05, 0) is 30.0 Å². The lowest BCUT2D eigenvalue weighted by Gasteiger charge is -2.27. The van der Waals surface area contributed by atoms with Gasteiger partial charge in [0.1, 0.15) is 5.52 Å². The highest BCUT2D eigenvalue weighted by molar-refractivity contribution is 7.17. The Morgan fingerprint density at radius 1 is 1.09 bits per heavy atom. The van der Waals surface area contributed by atoms with Gasteiger partial charge in [0.05, 0.1) is 27.2 Å². The molecule has 8 heteroatoms. The van der Waals surface area contributed by atoms with Crippen molar-refractivity contribution < 1.29 is 9.59 Å². The summed E-state index contributed by atoms with van der Waals surface area (Å²) in [6.07, 6.45) is 3.28. The first kappa shape index (κ1) is 22.7. The minimum atomic E-state index is -0.192. The minimum Gasteiger partial charge on any atom is -0.349 e. The van der Waals surface area contributed by atoms with E-state index >= 15 is 0 Å². The van der Waals surface area contributed by atoms with Crippen molar-refractivity contribution in [2.24, 2.45) is 5.41 Å². The number of benzene rings is 1. The first-order valence-electron chi connectivity index (χ1n) is 10.8. The molecule has 0 fully saturated rings. The van der Waals surface area contributed by atoms with E-state index in [2.05, 4.69) is 46.4 Å². The Kier molecular flexibility index (Phi) is 6.29. The minimum absolute atomic E-state index is 0.0136. The zero-order valence-corrected chi connectivity index (χ0v) is 19.9. The highest BCUT2D eigenvalue weighted by atomic mass is 32.1. The molecule has 0 aliphatic carbocycles. The third kappa shape index (κ3) is 5.12. The molecule has 0 aliphatic heterocycles. The first-order chi connectivity index (χ1) is 15.7. The molecule has 0 aliphatic rings. The van der Waals surface area contributed by atoms with Crippen LogP contribution in [0.25, 0.3) is 21.7 Å². The third-order valence-electron chi connectivity index (χ3n) is 5.65. The summed E-state index contributed by atoms with van der Waals surface area (Å²) in [7, 11) is 0. The fourth-order valence-corrected chi connectivity index (χ4v) is 4.01. The van der Waals surface area contributed by atoms with Crippen LogP contribution in [0, 0.1) is 5.41 Å². The van der Waals surface area contributed by atoms with Gasteiger partial charge in [0.2, 0.25) is 0 Å². The molecule has 3 aromatic heterocycles. The van der Waals surface area contributed by atoms with Gasteiger partial charge < -0.3 is 15.6 Å². The average Bonchev–Trinajstić information content (AvgIpc) is 3.44. The molecule has 170 valence electrons. The number of carbonyl (C=O) groups is 2. The van der Waals surface area contributed by atoms with Crippen LogP contribution in [-0.2, 0) is 6.54 Å². The maximum absolute atomic E-state index is 12.9. The van der Waals surface area contributed by atoms with Gasteiger partial charge >= 0.3 is 0 Å². The molecule has 0 unspecified atom stereocenters. The second-order valence-corrected chi connectivity index (χ2v) is 10.1. The Bertz CT molecular complexity index is 1290. The second-order valence-electron chi connectivity index (χ2n) is 9.05. The number of hydrogen-bond acceptors (Lipinski definition) is 5. The van der Waals surface area contributed by atoms with Gasteiger partial charge in [-0.1, -0.05) is 51.1 Å². The highest BCUT2D eigenvalue weighted by Crippen LogP contribution is 2.28. The van der Waals surface area contributed by atoms with Crippen molar-refractivity contribution in [3.63, 3.8) is 0 Å². The van der Waals surface area contributed by atoms with Gasteiger partial charge in [0.15, 0.2) is 5.65 Å². The predicted molar refractivity (Wildman–Crippen MR) is 131 cm³/mol. The molecule has 4 rings (SSSR count). The Balaban J connectivity index is 1.52. The molecular weight excluding hydrogens is 434 g/mol. The summed E-state index contributed by atoms with van der Waals surface area (Å²) in [5.74, 6) is -0.329. The van der Waals surface area contributed by atoms with Gasteiger partial charge in [-0.3, -0.25) is 9.59 Å². The normalized spacial score (nSPS) is 12.5. The molecule has 0 spiro atoms. The number of carbonyl (C=O) groups excluding carboxylic acids is 2. The molecule has 1 aromatic carbocycles. The number of aromatic amines is 1. The third-order valence-corrected chi connectivity index (χ3v) is 6.76. The molecule has 0 radical (unpaired) electrons. The van der Waals surface area contributed by atoms with Gasteiger partial charge in [0, 0.05) is 18.8 Å². The lowest BCUT2D eigenvalue weighted by Crippen LogP contribution is -2.41. The van der Waals surface area contributed by atoms with Crippen LogP contribution in [0.15, 0.2) is 54.9 Å². The molecule has 2 amide bonds. The Hall–Kier alpha value is -3.52. The highest BCUT2D eigenvalue weighted by Gasteiger charge is 2.24. The summed E-state index contributed by atoms with van der Waals surface area (Å²) < 4.78 is 0. The van der Waals surface area contributed by atoms with E-state index in [1.165, 1.54) is 11.3 Å². The lowest BCUT2D eigenvalue weighted by atomic mass is 9.88. The maximum atomic E-state index is 12.9. The van der Waals surface area contributed by atoms with E-state index in [9.17, 15) is 9.59 Å². The SMILES string of the molecule is C[C@H](NC(=O)c1c[nH]c2ncc(-c3ccc(C(=O)NCc4ccccc4)s3)nc12)C(C)(C)C. The molecule has 4 aromatic rings.